The van der Waals surface area contributed by atoms with E-state index in [1.807, 2.05) is 6.08 Å². The van der Waals surface area contributed by atoms with Gasteiger partial charge in [0.1, 0.15) is 0 Å². The Hall–Kier alpha value is -4.92. The molecule has 2 saturated heterocycles. The predicted octanol–water partition coefficient (Wildman–Crippen LogP) is 8.07. The maximum absolute atomic E-state index is 15.3. The van der Waals surface area contributed by atoms with Crippen molar-refractivity contribution in [1.82, 2.24) is 9.99 Å². The summed E-state index contributed by atoms with van der Waals surface area (Å²) in [4.78, 5) is 63.6. The zero-order chi connectivity index (χ0) is 39.1. The Kier molecular flexibility index (Phi) is 9.01. The number of nitrogens with zero attached hydrogens (tertiary/aromatic N) is 3. The molecular weight excluding hydrogens is 828 g/mol. The lowest BCUT2D eigenvalue weighted by Gasteiger charge is -2.50. The summed E-state index contributed by atoms with van der Waals surface area (Å²) in [5.41, 5.74) is 1.12. The van der Waals surface area contributed by atoms with Gasteiger partial charge < -0.3 is 9.84 Å². The standard InChI is InChI=1S/C39H28BrCl2F3N4O6/c1-55-29-4-2-3-25(32(29)50)31-23-13-14-24-30(36(53)48(34(24)51)22-11-7-20(40)8-12-22)26(23)16-27-35(52)49(37(54)38(27,31)18-5-9-21(41)10-6-18)47-33-28(42)15-19(17-46-33)39(43,44)45/h2-13,15,17,24,26-27,30-31,50H,14,16H2,1H3,(H,46,47). The highest BCUT2D eigenvalue weighted by molar-refractivity contribution is 9.10. The molecule has 2 N–H and O–H groups in total. The number of phenolic OH excluding ortho intramolecular Hbond substituents is 1. The van der Waals surface area contributed by atoms with Gasteiger partial charge in [0.15, 0.2) is 17.3 Å². The normalized spacial score (nSPS) is 26.1. The fourth-order valence-electron chi connectivity index (χ4n) is 8.91. The SMILES string of the molecule is COc1cccc(C2C3=CCC4C(=O)N(c5ccc(Br)cc5)C(=O)C4C3CC3C(=O)N(Nc4ncc(C(F)(F)F)cc4Cl)C(=O)C32c2ccc(Cl)cc2)c1O. The Balaban J connectivity index is 1.32. The molecule has 4 aliphatic rings. The quantitative estimate of drug-likeness (QED) is 0.147. The number of alkyl halides is 3. The number of para-hydroxylation sites is 1. The number of allylic oxidation sites excluding steroid dienone is 2. The van der Waals surface area contributed by atoms with Crippen LogP contribution >= 0.6 is 39.1 Å². The number of aromatic hydroxyl groups is 1. The van der Waals surface area contributed by atoms with Gasteiger partial charge in [0.05, 0.1) is 46.6 Å². The van der Waals surface area contributed by atoms with Crippen molar-refractivity contribution in [1.29, 1.82) is 0 Å². The van der Waals surface area contributed by atoms with Crippen LogP contribution in [0.5, 0.6) is 11.5 Å². The van der Waals surface area contributed by atoms with Crippen molar-refractivity contribution >= 4 is 74.3 Å². The maximum atomic E-state index is 15.3. The number of hydrogen-bond donors (Lipinski definition) is 2. The lowest BCUT2D eigenvalue weighted by Crippen LogP contribution is -2.53. The first-order chi connectivity index (χ1) is 26.2. The van der Waals surface area contributed by atoms with Gasteiger partial charge in [-0.2, -0.15) is 18.2 Å². The fraction of sp³-hybridized carbons (Fsp3) is 0.256. The second-order valence-corrected chi connectivity index (χ2v) is 15.6. The van der Waals surface area contributed by atoms with Crippen molar-refractivity contribution in [2.45, 2.75) is 30.4 Å². The Morgan fingerprint density at radius 3 is 2.33 bits per heavy atom. The van der Waals surface area contributed by atoms with Crippen LogP contribution in [0.2, 0.25) is 10.0 Å². The molecule has 16 heteroatoms. The van der Waals surface area contributed by atoms with Gasteiger partial charge in [0, 0.05) is 27.2 Å². The first-order valence-corrected chi connectivity index (χ1v) is 18.6. The molecule has 4 aromatic rings. The molecule has 3 aromatic carbocycles. The number of carbonyl (C=O) groups excluding carboxylic acids is 4. The van der Waals surface area contributed by atoms with Crippen molar-refractivity contribution in [3.63, 3.8) is 0 Å². The molecular formula is C39H28BrCl2F3N4O6. The minimum absolute atomic E-state index is 0.0812. The first-order valence-electron chi connectivity index (χ1n) is 17.0. The number of ether oxygens (including phenoxy) is 1. The smallest absolute Gasteiger partial charge is 0.417 e. The molecule has 2 aliphatic carbocycles. The zero-order valence-electron chi connectivity index (χ0n) is 28.5. The van der Waals surface area contributed by atoms with E-state index in [9.17, 15) is 32.7 Å². The number of methoxy groups -OCH3 is 1. The summed E-state index contributed by atoms with van der Waals surface area (Å²) in [7, 11) is 1.36. The van der Waals surface area contributed by atoms with E-state index >= 15 is 4.79 Å². The van der Waals surface area contributed by atoms with E-state index in [2.05, 4.69) is 26.3 Å². The van der Waals surface area contributed by atoms with Gasteiger partial charge in [-0.15, -0.1) is 0 Å². The van der Waals surface area contributed by atoms with E-state index in [1.54, 1.807) is 60.7 Å². The van der Waals surface area contributed by atoms with E-state index in [4.69, 9.17) is 27.9 Å². The largest absolute Gasteiger partial charge is 0.504 e. The molecule has 0 bridgehead atoms. The summed E-state index contributed by atoms with van der Waals surface area (Å²) < 4.78 is 46.7. The molecule has 2 aliphatic heterocycles. The number of aromatic nitrogens is 1. The van der Waals surface area contributed by atoms with Crippen LogP contribution < -0.4 is 15.1 Å². The van der Waals surface area contributed by atoms with Crippen molar-refractivity contribution < 1.29 is 42.2 Å². The van der Waals surface area contributed by atoms with Crippen LogP contribution in [-0.4, -0.2) is 45.8 Å². The number of nitrogens with one attached hydrogen (secondary N) is 1. The zero-order valence-corrected chi connectivity index (χ0v) is 31.6. The number of rotatable bonds is 6. The minimum Gasteiger partial charge on any atom is -0.504 e. The number of imide groups is 2. The molecule has 0 spiro atoms. The number of benzene rings is 3. The molecule has 0 radical (unpaired) electrons. The number of carbonyl (C=O) groups is 4. The lowest BCUT2D eigenvalue weighted by atomic mass is 9.49. The van der Waals surface area contributed by atoms with Crippen LogP contribution in [0.15, 0.2) is 95.1 Å². The second-order valence-electron chi connectivity index (χ2n) is 13.8. The molecule has 3 fully saturated rings. The predicted molar refractivity (Wildman–Crippen MR) is 198 cm³/mol. The van der Waals surface area contributed by atoms with E-state index in [1.165, 1.54) is 13.2 Å². The molecule has 6 atom stereocenters. The van der Waals surface area contributed by atoms with Gasteiger partial charge in [0.25, 0.3) is 11.8 Å². The summed E-state index contributed by atoms with van der Waals surface area (Å²) in [5, 5.41) is 12.3. The number of amides is 4. The van der Waals surface area contributed by atoms with Crippen LogP contribution in [0, 0.1) is 23.7 Å². The topological polar surface area (TPSA) is 129 Å². The van der Waals surface area contributed by atoms with E-state index < -0.39 is 75.4 Å². The van der Waals surface area contributed by atoms with Crippen LogP contribution in [0.3, 0.4) is 0 Å². The van der Waals surface area contributed by atoms with Gasteiger partial charge in [-0.25, -0.2) is 4.98 Å². The van der Waals surface area contributed by atoms with Crippen LogP contribution in [0.25, 0.3) is 0 Å². The Labute approximate surface area is 330 Å². The lowest BCUT2D eigenvalue weighted by molar-refractivity contribution is -0.139. The number of anilines is 2. The highest BCUT2D eigenvalue weighted by Crippen LogP contribution is 2.65. The summed E-state index contributed by atoms with van der Waals surface area (Å²) in [6.07, 6.45) is -2.37. The van der Waals surface area contributed by atoms with Gasteiger partial charge in [-0.05, 0) is 72.9 Å². The summed E-state index contributed by atoms with van der Waals surface area (Å²) in [6, 6.07) is 18.4. The molecule has 3 heterocycles. The van der Waals surface area contributed by atoms with E-state index in [0.717, 1.165) is 9.37 Å². The number of hydrazine groups is 1. The molecule has 55 heavy (non-hydrogen) atoms. The number of fused-ring (bicyclic) bond motifs is 4. The molecule has 1 aromatic heterocycles. The Morgan fingerprint density at radius 2 is 1.67 bits per heavy atom. The molecule has 4 amide bonds. The third-order valence-corrected chi connectivity index (χ3v) is 12.3. The number of hydrogen-bond acceptors (Lipinski definition) is 8. The molecule has 282 valence electrons. The van der Waals surface area contributed by atoms with E-state index in [0.29, 0.717) is 39.1 Å². The number of pyridine rings is 1. The highest BCUT2D eigenvalue weighted by atomic mass is 79.9. The molecule has 6 unspecified atom stereocenters. The van der Waals surface area contributed by atoms with Gasteiger partial charge in [0.2, 0.25) is 11.8 Å². The van der Waals surface area contributed by atoms with Crippen molar-refractivity contribution in [3.8, 4) is 11.5 Å². The van der Waals surface area contributed by atoms with Crippen LogP contribution in [0.1, 0.15) is 35.4 Å². The molecule has 1 saturated carbocycles. The third-order valence-electron chi connectivity index (χ3n) is 11.2. The highest BCUT2D eigenvalue weighted by Gasteiger charge is 2.71. The van der Waals surface area contributed by atoms with Crippen molar-refractivity contribution in [3.05, 3.63) is 122 Å². The molecule has 10 nitrogen and oxygen atoms in total. The second kappa shape index (κ2) is 13.4. The Morgan fingerprint density at radius 1 is 0.964 bits per heavy atom. The minimum atomic E-state index is -4.76. The average Bonchev–Trinajstić information content (AvgIpc) is 3.53. The summed E-state index contributed by atoms with van der Waals surface area (Å²) in [5.74, 6) is -7.92. The number of halogens is 6. The van der Waals surface area contributed by atoms with Gasteiger partial charge >= 0.3 is 6.18 Å². The van der Waals surface area contributed by atoms with Crippen molar-refractivity contribution in [2.75, 3.05) is 17.4 Å². The third kappa shape index (κ3) is 5.62. The maximum Gasteiger partial charge on any atom is 0.417 e. The monoisotopic (exact) mass is 854 g/mol. The van der Waals surface area contributed by atoms with Crippen LogP contribution in [0.4, 0.5) is 24.7 Å². The first kappa shape index (κ1) is 37.0. The summed E-state index contributed by atoms with van der Waals surface area (Å²) >= 11 is 16.0. The van der Waals surface area contributed by atoms with Crippen molar-refractivity contribution in [2.24, 2.45) is 23.7 Å². The van der Waals surface area contributed by atoms with Gasteiger partial charge in [-0.1, -0.05) is 75.0 Å². The van der Waals surface area contributed by atoms with Crippen LogP contribution in [-0.2, 0) is 30.8 Å². The number of phenols is 1. The summed E-state index contributed by atoms with van der Waals surface area (Å²) in [6.45, 7) is 0. The molecule has 8 rings (SSSR count). The van der Waals surface area contributed by atoms with E-state index in [-0.39, 0.29) is 35.7 Å². The average molecular weight is 856 g/mol. The Bertz CT molecular complexity index is 2330. The fourth-order valence-corrected chi connectivity index (χ4v) is 9.51. The van der Waals surface area contributed by atoms with Gasteiger partial charge in [-0.3, -0.25) is 29.5 Å².